The lowest BCUT2D eigenvalue weighted by molar-refractivity contribution is 0.0498. The molecule has 1 aliphatic heterocycles. The van der Waals surface area contributed by atoms with Crippen LogP contribution in [0.15, 0.2) is 29.6 Å². The molecule has 2 aromatic rings. The van der Waals surface area contributed by atoms with E-state index >= 15 is 0 Å². The van der Waals surface area contributed by atoms with Crippen molar-refractivity contribution in [1.82, 2.24) is 5.32 Å². The third-order valence-corrected chi connectivity index (χ3v) is 6.15. The number of hydrogen-bond acceptors (Lipinski definition) is 6. The van der Waals surface area contributed by atoms with Crippen LogP contribution in [-0.2, 0) is 10.2 Å². The maximum atomic E-state index is 12.9. The van der Waals surface area contributed by atoms with Crippen molar-refractivity contribution in [2.75, 3.05) is 41.1 Å². The molecule has 1 saturated heterocycles. The van der Waals surface area contributed by atoms with Gasteiger partial charge in [0, 0.05) is 30.1 Å². The molecule has 0 bridgehead atoms. The predicted octanol–water partition coefficient (Wildman–Crippen LogP) is 3.25. The molecule has 0 unspecified atom stereocenters. The van der Waals surface area contributed by atoms with Crippen molar-refractivity contribution in [3.8, 4) is 17.2 Å². The molecule has 0 saturated carbocycles. The van der Waals surface area contributed by atoms with Gasteiger partial charge in [-0.25, -0.2) is 0 Å². The zero-order valence-corrected chi connectivity index (χ0v) is 16.7. The summed E-state index contributed by atoms with van der Waals surface area (Å²) in [6, 6.07) is 7.59. The van der Waals surface area contributed by atoms with Gasteiger partial charge in [0.25, 0.3) is 5.91 Å². The van der Waals surface area contributed by atoms with Crippen LogP contribution in [0, 0.1) is 0 Å². The fourth-order valence-corrected chi connectivity index (χ4v) is 4.46. The van der Waals surface area contributed by atoms with Gasteiger partial charge in [0.2, 0.25) is 5.75 Å². The highest BCUT2D eigenvalue weighted by atomic mass is 32.1. The van der Waals surface area contributed by atoms with E-state index < -0.39 is 0 Å². The molecule has 1 aromatic heterocycles. The summed E-state index contributed by atoms with van der Waals surface area (Å²) in [5.74, 6) is 1.10. The molecule has 2 heterocycles. The monoisotopic (exact) mass is 391 g/mol. The zero-order chi connectivity index (χ0) is 19.3. The van der Waals surface area contributed by atoms with Gasteiger partial charge >= 0.3 is 0 Å². The molecular formula is C20H25NO5S. The minimum atomic E-state index is -0.199. The maximum Gasteiger partial charge on any atom is 0.255 e. The van der Waals surface area contributed by atoms with Crippen molar-refractivity contribution in [2.24, 2.45) is 0 Å². The van der Waals surface area contributed by atoms with E-state index in [0.29, 0.717) is 42.6 Å². The highest BCUT2D eigenvalue weighted by Crippen LogP contribution is 2.40. The Hall–Kier alpha value is -2.25. The van der Waals surface area contributed by atoms with Crippen LogP contribution in [0.3, 0.4) is 0 Å². The number of thiophene rings is 1. The van der Waals surface area contributed by atoms with Crippen LogP contribution in [-0.4, -0.2) is 47.0 Å². The Kier molecular flexibility index (Phi) is 6.23. The molecule has 27 heavy (non-hydrogen) atoms. The minimum absolute atomic E-state index is 0.0914. The van der Waals surface area contributed by atoms with E-state index in [1.165, 1.54) is 19.1 Å². The van der Waals surface area contributed by atoms with Crippen molar-refractivity contribution in [2.45, 2.75) is 18.3 Å². The summed E-state index contributed by atoms with van der Waals surface area (Å²) in [5, 5.41) is 5.17. The second-order valence-electron chi connectivity index (χ2n) is 6.43. The van der Waals surface area contributed by atoms with Crippen LogP contribution in [0.2, 0.25) is 0 Å². The Labute approximate surface area is 163 Å². The van der Waals surface area contributed by atoms with E-state index in [2.05, 4.69) is 22.8 Å². The van der Waals surface area contributed by atoms with Gasteiger partial charge in [-0.15, -0.1) is 11.3 Å². The van der Waals surface area contributed by atoms with E-state index in [0.717, 1.165) is 12.8 Å². The largest absolute Gasteiger partial charge is 0.493 e. The van der Waals surface area contributed by atoms with Crippen LogP contribution >= 0.6 is 11.3 Å². The lowest BCUT2D eigenvalue weighted by Crippen LogP contribution is -2.44. The fourth-order valence-electron chi connectivity index (χ4n) is 3.48. The fraction of sp³-hybridized carbons (Fsp3) is 0.450. The van der Waals surface area contributed by atoms with Gasteiger partial charge in [0.15, 0.2) is 11.5 Å². The second-order valence-corrected chi connectivity index (χ2v) is 7.38. The second kappa shape index (κ2) is 8.63. The molecule has 3 rings (SSSR count). The molecule has 1 aliphatic rings. The summed E-state index contributed by atoms with van der Waals surface area (Å²) in [5.41, 5.74) is 0.329. The highest BCUT2D eigenvalue weighted by Gasteiger charge is 2.36. The lowest BCUT2D eigenvalue weighted by Gasteiger charge is -2.36. The van der Waals surface area contributed by atoms with Gasteiger partial charge < -0.3 is 24.3 Å². The normalized spacial score (nSPS) is 15.8. The van der Waals surface area contributed by atoms with Gasteiger partial charge in [-0.05, 0) is 36.4 Å². The average Bonchev–Trinajstić information content (AvgIpc) is 3.27. The number of amides is 1. The van der Waals surface area contributed by atoms with Crippen LogP contribution in [0.1, 0.15) is 28.1 Å². The minimum Gasteiger partial charge on any atom is -0.493 e. The van der Waals surface area contributed by atoms with Gasteiger partial charge in [-0.1, -0.05) is 6.07 Å². The molecule has 0 aliphatic carbocycles. The van der Waals surface area contributed by atoms with Crippen molar-refractivity contribution in [3.05, 3.63) is 40.1 Å². The zero-order valence-electron chi connectivity index (χ0n) is 15.9. The van der Waals surface area contributed by atoms with E-state index in [1.54, 1.807) is 30.6 Å². The number of hydrogen-bond donors (Lipinski definition) is 1. The van der Waals surface area contributed by atoms with E-state index in [-0.39, 0.29) is 11.3 Å². The molecule has 7 heteroatoms. The third-order valence-electron chi connectivity index (χ3n) is 5.03. The van der Waals surface area contributed by atoms with Gasteiger partial charge in [-0.2, -0.15) is 0 Å². The lowest BCUT2D eigenvalue weighted by atomic mass is 9.78. The standard InChI is InChI=1S/C20H25NO5S/c1-23-15-7-6-14(17(24-2)18(15)25-3)19(22)21-13-20(8-10-26-11-9-20)16-5-4-12-27-16/h4-7,12H,8-11,13H2,1-3H3,(H,21,22). The third kappa shape index (κ3) is 3.89. The summed E-state index contributed by atoms with van der Waals surface area (Å²) in [7, 11) is 4.59. The number of methoxy groups -OCH3 is 3. The van der Waals surface area contributed by atoms with Crippen molar-refractivity contribution < 1.29 is 23.7 Å². The molecule has 1 aromatic carbocycles. The summed E-state index contributed by atoms with van der Waals surface area (Å²) in [6.45, 7) is 1.95. The maximum absolute atomic E-state index is 12.9. The summed E-state index contributed by atoms with van der Waals surface area (Å²) < 4.78 is 21.6. The number of benzene rings is 1. The first-order chi connectivity index (χ1) is 13.1. The number of carbonyl (C=O) groups is 1. The van der Waals surface area contributed by atoms with E-state index in [9.17, 15) is 4.79 Å². The van der Waals surface area contributed by atoms with Crippen LogP contribution in [0.5, 0.6) is 17.2 Å². The molecule has 0 atom stereocenters. The van der Waals surface area contributed by atoms with Gasteiger partial charge in [0.05, 0.1) is 26.9 Å². The van der Waals surface area contributed by atoms with Crippen molar-refractivity contribution >= 4 is 17.2 Å². The summed E-state index contributed by atoms with van der Waals surface area (Å²) in [4.78, 5) is 14.2. The Morgan fingerprint density at radius 3 is 2.44 bits per heavy atom. The number of rotatable bonds is 7. The van der Waals surface area contributed by atoms with Crippen LogP contribution in [0.25, 0.3) is 0 Å². The molecule has 146 valence electrons. The van der Waals surface area contributed by atoms with Crippen LogP contribution in [0.4, 0.5) is 0 Å². The topological polar surface area (TPSA) is 66.0 Å². The first-order valence-corrected chi connectivity index (χ1v) is 9.72. The number of ether oxygens (including phenoxy) is 4. The summed E-state index contributed by atoms with van der Waals surface area (Å²) in [6.07, 6.45) is 1.77. The Bertz CT molecular complexity index is 769. The first-order valence-electron chi connectivity index (χ1n) is 8.84. The van der Waals surface area contributed by atoms with Crippen LogP contribution < -0.4 is 19.5 Å². The number of nitrogens with one attached hydrogen (secondary N) is 1. The SMILES string of the molecule is COc1ccc(C(=O)NCC2(c3cccs3)CCOCC2)c(OC)c1OC. The highest BCUT2D eigenvalue weighted by molar-refractivity contribution is 7.10. The van der Waals surface area contributed by atoms with E-state index in [1.807, 2.05) is 0 Å². The Morgan fingerprint density at radius 2 is 1.85 bits per heavy atom. The van der Waals surface area contributed by atoms with Gasteiger partial charge in [0.1, 0.15) is 0 Å². The molecule has 0 spiro atoms. The van der Waals surface area contributed by atoms with Crippen molar-refractivity contribution in [1.29, 1.82) is 0 Å². The molecule has 0 radical (unpaired) electrons. The summed E-state index contributed by atoms with van der Waals surface area (Å²) >= 11 is 1.73. The molecule has 6 nitrogen and oxygen atoms in total. The van der Waals surface area contributed by atoms with Crippen molar-refractivity contribution in [3.63, 3.8) is 0 Å². The number of carbonyl (C=O) groups excluding carboxylic acids is 1. The molecule has 1 amide bonds. The first kappa shape index (κ1) is 19.5. The molecule has 1 N–H and O–H groups in total. The predicted molar refractivity (Wildman–Crippen MR) is 104 cm³/mol. The smallest absolute Gasteiger partial charge is 0.255 e. The Balaban J connectivity index is 1.83. The average molecular weight is 391 g/mol. The quantitative estimate of drug-likeness (QED) is 0.785. The van der Waals surface area contributed by atoms with E-state index in [4.69, 9.17) is 18.9 Å². The van der Waals surface area contributed by atoms with Gasteiger partial charge in [-0.3, -0.25) is 4.79 Å². The molecule has 1 fully saturated rings. The Morgan fingerprint density at radius 1 is 1.11 bits per heavy atom. The molecular weight excluding hydrogens is 366 g/mol.